The number of carbonyl (C=O) groups is 1. The topological polar surface area (TPSA) is 37.3 Å². The minimum Gasteiger partial charge on any atom is -0.393 e. The molecule has 0 bridgehead atoms. The molecule has 1 saturated carbocycles. The van der Waals surface area contributed by atoms with E-state index in [-0.39, 0.29) is 12.0 Å². The predicted octanol–water partition coefficient (Wildman–Crippen LogP) is 7.61. The number of ketones is 1. The lowest BCUT2D eigenvalue weighted by atomic mass is 9.80. The summed E-state index contributed by atoms with van der Waals surface area (Å²) in [4.78, 5) is 12.4. The first-order valence-electron chi connectivity index (χ1n) is 12.6. The van der Waals surface area contributed by atoms with E-state index in [2.05, 4.69) is 56.3 Å². The minimum absolute atomic E-state index is 0.232. The molecule has 2 rings (SSSR count). The molecule has 1 N–H and O–H groups in total. The number of unbranched alkanes of at least 4 members (excludes halogenated alkanes) is 6. The number of rotatable bonds is 15. The molecule has 2 nitrogen and oxygen atoms in total. The van der Waals surface area contributed by atoms with Crippen molar-refractivity contribution in [2.24, 2.45) is 11.8 Å². The Morgan fingerprint density at radius 2 is 1.67 bits per heavy atom. The average Bonchev–Trinajstić information content (AvgIpc) is 3.08. The summed E-state index contributed by atoms with van der Waals surface area (Å²) >= 11 is 0. The molecule has 1 aliphatic rings. The first kappa shape index (κ1) is 24.9. The van der Waals surface area contributed by atoms with Crippen molar-refractivity contribution in [1.82, 2.24) is 0 Å². The zero-order valence-corrected chi connectivity index (χ0v) is 19.4. The van der Waals surface area contributed by atoms with Gasteiger partial charge >= 0.3 is 0 Å². The molecule has 0 spiro atoms. The maximum atomic E-state index is 12.4. The average molecular weight is 413 g/mol. The summed E-state index contributed by atoms with van der Waals surface area (Å²) in [7, 11) is 0. The van der Waals surface area contributed by atoms with Gasteiger partial charge in [-0.05, 0) is 55.4 Å². The highest BCUT2D eigenvalue weighted by molar-refractivity contribution is 5.78. The van der Waals surface area contributed by atoms with Gasteiger partial charge in [-0.1, -0.05) is 94.9 Å². The molecule has 0 amide bonds. The number of allylic oxidation sites excluding steroid dienone is 2. The van der Waals surface area contributed by atoms with E-state index in [0.29, 0.717) is 24.0 Å². The molecule has 168 valence electrons. The third-order valence-corrected chi connectivity index (χ3v) is 6.90. The zero-order valence-electron chi connectivity index (χ0n) is 19.4. The molecule has 0 radical (unpaired) electrons. The Kier molecular flexibility index (Phi) is 12.1. The summed E-state index contributed by atoms with van der Waals surface area (Å²) < 4.78 is 0. The Bertz CT molecular complexity index is 606. The number of carbonyl (C=O) groups excluding carboxylic acids is 1. The van der Waals surface area contributed by atoms with Crippen molar-refractivity contribution < 1.29 is 9.90 Å². The maximum Gasteiger partial charge on any atom is 0.132 e. The van der Waals surface area contributed by atoms with E-state index in [1.54, 1.807) is 0 Å². The lowest BCUT2D eigenvalue weighted by Crippen LogP contribution is -2.21. The molecule has 0 unspecified atom stereocenters. The second-order valence-electron chi connectivity index (χ2n) is 9.24. The number of hydrogen-bond acceptors (Lipinski definition) is 2. The molecular weight excluding hydrogens is 368 g/mol. The van der Waals surface area contributed by atoms with Crippen LogP contribution in [0, 0.1) is 11.8 Å². The van der Waals surface area contributed by atoms with E-state index < -0.39 is 0 Å². The highest BCUT2D eigenvalue weighted by Gasteiger charge is 2.42. The zero-order chi connectivity index (χ0) is 21.6. The van der Waals surface area contributed by atoms with Crippen molar-refractivity contribution in [3.63, 3.8) is 0 Å². The molecule has 2 heteroatoms. The predicted molar refractivity (Wildman–Crippen MR) is 128 cm³/mol. The lowest BCUT2D eigenvalue weighted by Gasteiger charge is -2.25. The Morgan fingerprint density at radius 3 is 2.40 bits per heavy atom. The Balaban J connectivity index is 1.93. The SMILES string of the molecule is CCCC/C=C\C[C@H]1[C@@H](CCC(=O)CCCCCCC)[C@H](O)C[C@@H]1c1ccccc1. The van der Waals surface area contributed by atoms with Gasteiger partial charge in [0, 0.05) is 12.8 Å². The Labute approximate surface area is 185 Å². The first-order chi connectivity index (χ1) is 14.7. The molecule has 0 saturated heterocycles. The van der Waals surface area contributed by atoms with Crippen molar-refractivity contribution >= 4 is 5.78 Å². The molecular formula is C28H44O2. The summed E-state index contributed by atoms with van der Waals surface area (Å²) in [5, 5.41) is 10.9. The van der Waals surface area contributed by atoms with Gasteiger partial charge in [-0.3, -0.25) is 4.79 Å². The van der Waals surface area contributed by atoms with E-state index in [9.17, 15) is 9.90 Å². The van der Waals surface area contributed by atoms with Gasteiger partial charge < -0.3 is 5.11 Å². The molecule has 1 fully saturated rings. The van der Waals surface area contributed by atoms with Crippen LogP contribution in [0.5, 0.6) is 0 Å². The summed E-state index contributed by atoms with van der Waals surface area (Å²) in [6.07, 6.45) is 18.0. The van der Waals surface area contributed by atoms with Crippen molar-refractivity contribution in [3.8, 4) is 0 Å². The monoisotopic (exact) mass is 412 g/mol. The van der Waals surface area contributed by atoms with Crippen LogP contribution in [0.25, 0.3) is 0 Å². The van der Waals surface area contributed by atoms with Crippen LogP contribution in [0.15, 0.2) is 42.5 Å². The van der Waals surface area contributed by atoms with Crippen molar-refractivity contribution in [3.05, 3.63) is 48.0 Å². The van der Waals surface area contributed by atoms with Crippen LogP contribution in [0.4, 0.5) is 0 Å². The van der Waals surface area contributed by atoms with Crippen molar-refractivity contribution in [1.29, 1.82) is 0 Å². The fraction of sp³-hybridized carbons (Fsp3) is 0.679. The van der Waals surface area contributed by atoms with E-state index in [1.165, 1.54) is 44.1 Å². The van der Waals surface area contributed by atoms with Gasteiger partial charge in [0.2, 0.25) is 0 Å². The van der Waals surface area contributed by atoms with Gasteiger partial charge in [0.25, 0.3) is 0 Å². The summed E-state index contributed by atoms with van der Waals surface area (Å²) in [6, 6.07) is 10.7. The van der Waals surface area contributed by atoms with Gasteiger partial charge in [-0.25, -0.2) is 0 Å². The summed E-state index contributed by atoms with van der Waals surface area (Å²) in [5.74, 6) is 1.44. The largest absolute Gasteiger partial charge is 0.393 e. The second-order valence-corrected chi connectivity index (χ2v) is 9.24. The number of hydrogen-bond donors (Lipinski definition) is 1. The van der Waals surface area contributed by atoms with Gasteiger partial charge in [-0.15, -0.1) is 0 Å². The minimum atomic E-state index is -0.290. The normalized spacial score (nSPS) is 24.0. The van der Waals surface area contributed by atoms with Crippen LogP contribution >= 0.6 is 0 Å². The van der Waals surface area contributed by atoms with Crippen LogP contribution in [-0.4, -0.2) is 17.0 Å². The molecule has 1 aromatic carbocycles. The fourth-order valence-corrected chi connectivity index (χ4v) is 5.09. The van der Waals surface area contributed by atoms with Gasteiger partial charge in [0.1, 0.15) is 5.78 Å². The maximum absolute atomic E-state index is 12.4. The Morgan fingerprint density at radius 1 is 0.933 bits per heavy atom. The van der Waals surface area contributed by atoms with E-state index in [4.69, 9.17) is 0 Å². The summed E-state index contributed by atoms with van der Waals surface area (Å²) in [5.41, 5.74) is 1.34. The van der Waals surface area contributed by atoms with E-state index in [0.717, 1.165) is 38.5 Å². The van der Waals surface area contributed by atoms with Crippen molar-refractivity contribution in [2.75, 3.05) is 0 Å². The molecule has 4 atom stereocenters. The van der Waals surface area contributed by atoms with Gasteiger partial charge in [-0.2, -0.15) is 0 Å². The number of aliphatic hydroxyl groups is 1. The lowest BCUT2D eigenvalue weighted by molar-refractivity contribution is -0.119. The van der Waals surface area contributed by atoms with Crippen LogP contribution in [0.1, 0.15) is 109 Å². The smallest absolute Gasteiger partial charge is 0.132 e. The molecule has 0 heterocycles. The number of benzene rings is 1. The first-order valence-corrected chi connectivity index (χ1v) is 12.6. The molecule has 30 heavy (non-hydrogen) atoms. The molecule has 0 aromatic heterocycles. The van der Waals surface area contributed by atoms with Gasteiger partial charge in [0.05, 0.1) is 6.10 Å². The standard InChI is InChI=1S/C28H44O2/c1-3-5-7-9-14-18-24(29)20-21-26-25(19-15-10-8-6-4-2)27(22-28(26)30)23-16-12-11-13-17-23/h10-13,15-17,25-28,30H,3-9,14,18-22H2,1-2H3/b15-10-/t25-,26+,27+,28+/m0/s1. The third kappa shape index (κ3) is 8.38. The third-order valence-electron chi connectivity index (χ3n) is 6.90. The van der Waals surface area contributed by atoms with Crippen LogP contribution in [0.2, 0.25) is 0 Å². The Hall–Kier alpha value is -1.41. The fourth-order valence-electron chi connectivity index (χ4n) is 5.09. The molecule has 1 aromatic rings. The summed E-state index contributed by atoms with van der Waals surface area (Å²) in [6.45, 7) is 4.44. The quantitative estimate of drug-likeness (QED) is 0.238. The van der Waals surface area contributed by atoms with E-state index >= 15 is 0 Å². The highest BCUT2D eigenvalue weighted by Crippen LogP contribution is 2.47. The second kappa shape index (κ2) is 14.6. The highest BCUT2D eigenvalue weighted by atomic mass is 16.3. The number of aliphatic hydroxyl groups excluding tert-OH is 1. The van der Waals surface area contributed by atoms with Gasteiger partial charge in [0.15, 0.2) is 0 Å². The molecule has 1 aliphatic carbocycles. The van der Waals surface area contributed by atoms with Crippen LogP contribution in [0.3, 0.4) is 0 Å². The van der Waals surface area contributed by atoms with Crippen molar-refractivity contribution in [2.45, 2.75) is 109 Å². The molecule has 0 aliphatic heterocycles. The number of Topliss-reactive ketones (excluding diaryl/α,β-unsaturated/α-hetero) is 1. The van der Waals surface area contributed by atoms with E-state index in [1.807, 2.05) is 0 Å². The van der Waals surface area contributed by atoms with Crippen LogP contribution in [-0.2, 0) is 4.79 Å². The van der Waals surface area contributed by atoms with Crippen LogP contribution < -0.4 is 0 Å².